The van der Waals surface area contributed by atoms with Crippen molar-refractivity contribution < 1.29 is 4.74 Å². The molecule has 2 rings (SSSR count). The Kier molecular flexibility index (Phi) is 4.57. The second kappa shape index (κ2) is 6.17. The Hall–Kier alpha value is -0.870. The van der Waals surface area contributed by atoms with Crippen LogP contribution in [0.5, 0.6) is 0 Å². The monoisotopic (exact) mass is 237 g/mol. The first-order chi connectivity index (χ1) is 8.27. The number of hydrogen-bond acceptors (Lipinski definition) is 3. The van der Waals surface area contributed by atoms with E-state index in [1.165, 1.54) is 5.69 Å². The van der Waals surface area contributed by atoms with Gasteiger partial charge in [-0.25, -0.2) is 4.98 Å². The maximum Gasteiger partial charge on any atom is 0.0949 e. The van der Waals surface area contributed by atoms with Gasteiger partial charge < -0.3 is 14.6 Å². The molecule has 0 atom stereocenters. The van der Waals surface area contributed by atoms with Crippen LogP contribution in [0.1, 0.15) is 31.9 Å². The number of imidazole rings is 1. The average Bonchev–Trinajstić information content (AvgIpc) is 2.63. The van der Waals surface area contributed by atoms with Crippen LogP contribution < -0.4 is 5.32 Å². The fourth-order valence-electron chi connectivity index (χ4n) is 1.94. The fraction of sp³-hybridized carbons (Fsp3) is 0.769. The summed E-state index contributed by atoms with van der Waals surface area (Å²) in [7, 11) is 0. The van der Waals surface area contributed by atoms with Gasteiger partial charge in [0, 0.05) is 44.0 Å². The minimum absolute atomic E-state index is 0.646. The largest absolute Gasteiger partial charge is 0.380 e. The van der Waals surface area contributed by atoms with Gasteiger partial charge in [0.05, 0.1) is 12.9 Å². The second-order valence-corrected chi connectivity index (χ2v) is 5.16. The summed E-state index contributed by atoms with van der Waals surface area (Å²) in [6, 6.07) is 0. The van der Waals surface area contributed by atoms with Crippen molar-refractivity contribution in [3.8, 4) is 0 Å². The number of ether oxygens (including phenoxy) is 1. The normalized spacial score (nSPS) is 16.4. The maximum absolute atomic E-state index is 5.64. The van der Waals surface area contributed by atoms with E-state index in [2.05, 4.69) is 28.7 Å². The predicted octanol–water partition coefficient (Wildman–Crippen LogP) is 1.63. The first-order valence-corrected chi connectivity index (χ1v) is 6.56. The SMILES string of the molecule is CC(C)CCOCCn1cncc1C1CNC1. The third-order valence-corrected chi connectivity index (χ3v) is 3.26. The number of rotatable bonds is 7. The molecule has 1 aliphatic rings. The summed E-state index contributed by atoms with van der Waals surface area (Å²) in [5.74, 6) is 1.37. The zero-order valence-electron chi connectivity index (χ0n) is 10.9. The van der Waals surface area contributed by atoms with Crippen molar-refractivity contribution in [2.45, 2.75) is 32.7 Å². The lowest BCUT2D eigenvalue weighted by Gasteiger charge is -2.27. The van der Waals surface area contributed by atoms with Crippen LogP contribution in [0, 0.1) is 5.92 Å². The van der Waals surface area contributed by atoms with Gasteiger partial charge in [-0.1, -0.05) is 13.8 Å². The predicted molar refractivity (Wildman–Crippen MR) is 68.1 cm³/mol. The standard InChI is InChI=1S/C13H23N3O/c1-11(2)3-5-17-6-4-16-10-15-9-13(16)12-7-14-8-12/h9-12,14H,3-8H2,1-2H3. The summed E-state index contributed by atoms with van der Waals surface area (Å²) in [6.07, 6.45) is 5.04. The van der Waals surface area contributed by atoms with Crippen LogP contribution in [0.4, 0.5) is 0 Å². The molecule has 1 fully saturated rings. The van der Waals surface area contributed by atoms with Gasteiger partial charge in [-0.3, -0.25) is 0 Å². The van der Waals surface area contributed by atoms with E-state index < -0.39 is 0 Å². The van der Waals surface area contributed by atoms with Gasteiger partial charge >= 0.3 is 0 Å². The molecule has 1 aromatic rings. The molecular formula is C13H23N3O. The van der Waals surface area contributed by atoms with Crippen LogP contribution in [-0.4, -0.2) is 35.9 Å². The summed E-state index contributed by atoms with van der Waals surface area (Å²) in [4.78, 5) is 4.23. The van der Waals surface area contributed by atoms with Gasteiger partial charge in [0.1, 0.15) is 0 Å². The molecule has 1 N–H and O–H groups in total. The topological polar surface area (TPSA) is 39.1 Å². The van der Waals surface area contributed by atoms with E-state index in [0.717, 1.165) is 45.2 Å². The van der Waals surface area contributed by atoms with Crippen molar-refractivity contribution in [3.05, 3.63) is 18.2 Å². The molecule has 0 amide bonds. The molecule has 1 aliphatic heterocycles. The lowest BCUT2D eigenvalue weighted by atomic mass is 10.00. The van der Waals surface area contributed by atoms with Gasteiger partial charge in [0.25, 0.3) is 0 Å². The summed E-state index contributed by atoms with van der Waals surface area (Å²) >= 11 is 0. The van der Waals surface area contributed by atoms with E-state index >= 15 is 0 Å². The second-order valence-electron chi connectivity index (χ2n) is 5.16. The van der Waals surface area contributed by atoms with Gasteiger partial charge in [0.2, 0.25) is 0 Å². The molecular weight excluding hydrogens is 214 g/mol. The molecule has 96 valence electrons. The van der Waals surface area contributed by atoms with E-state index in [0.29, 0.717) is 5.92 Å². The van der Waals surface area contributed by atoms with Crippen LogP contribution in [0.2, 0.25) is 0 Å². The van der Waals surface area contributed by atoms with Gasteiger partial charge in [-0.2, -0.15) is 0 Å². The minimum Gasteiger partial charge on any atom is -0.380 e. The third kappa shape index (κ3) is 3.54. The quantitative estimate of drug-likeness (QED) is 0.733. The van der Waals surface area contributed by atoms with Gasteiger partial charge in [-0.15, -0.1) is 0 Å². The molecule has 17 heavy (non-hydrogen) atoms. The van der Waals surface area contributed by atoms with Gasteiger partial charge in [0.15, 0.2) is 0 Å². The maximum atomic E-state index is 5.64. The zero-order valence-corrected chi connectivity index (χ0v) is 10.9. The first-order valence-electron chi connectivity index (χ1n) is 6.56. The van der Waals surface area contributed by atoms with Gasteiger partial charge in [-0.05, 0) is 12.3 Å². The number of aromatic nitrogens is 2. The molecule has 4 nitrogen and oxygen atoms in total. The molecule has 1 aromatic heterocycles. The Bertz CT molecular complexity index is 331. The molecule has 0 aliphatic carbocycles. The molecule has 0 spiro atoms. The lowest BCUT2D eigenvalue weighted by Crippen LogP contribution is -2.41. The van der Waals surface area contributed by atoms with Crippen LogP contribution in [-0.2, 0) is 11.3 Å². The summed E-state index contributed by atoms with van der Waals surface area (Å²) < 4.78 is 7.86. The fourth-order valence-corrected chi connectivity index (χ4v) is 1.94. The summed E-state index contributed by atoms with van der Waals surface area (Å²) in [5.41, 5.74) is 1.34. The Morgan fingerprint density at radius 3 is 2.94 bits per heavy atom. The number of hydrogen-bond donors (Lipinski definition) is 1. The highest BCUT2D eigenvalue weighted by Crippen LogP contribution is 2.18. The van der Waals surface area contributed by atoms with E-state index in [-0.39, 0.29) is 0 Å². The van der Waals surface area contributed by atoms with Crippen molar-refractivity contribution in [2.75, 3.05) is 26.3 Å². The molecule has 4 heteroatoms. The lowest BCUT2D eigenvalue weighted by molar-refractivity contribution is 0.115. The van der Waals surface area contributed by atoms with Crippen molar-refractivity contribution in [1.29, 1.82) is 0 Å². The number of nitrogens with zero attached hydrogens (tertiary/aromatic N) is 2. The molecule has 0 unspecified atom stereocenters. The third-order valence-electron chi connectivity index (χ3n) is 3.26. The highest BCUT2D eigenvalue weighted by Gasteiger charge is 2.21. The Morgan fingerprint density at radius 2 is 2.29 bits per heavy atom. The molecule has 0 saturated carbocycles. The van der Waals surface area contributed by atoms with Crippen LogP contribution >= 0.6 is 0 Å². The van der Waals surface area contributed by atoms with E-state index in [1.807, 2.05) is 12.5 Å². The molecule has 0 aromatic carbocycles. The Morgan fingerprint density at radius 1 is 1.47 bits per heavy atom. The summed E-state index contributed by atoms with van der Waals surface area (Å²) in [5, 5.41) is 3.29. The van der Waals surface area contributed by atoms with Crippen LogP contribution in [0.25, 0.3) is 0 Å². The molecule has 2 heterocycles. The van der Waals surface area contributed by atoms with E-state index in [9.17, 15) is 0 Å². The van der Waals surface area contributed by atoms with Crippen LogP contribution in [0.3, 0.4) is 0 Å². The van der Waals surface area contributed by atoms with Crippen molar-refractivity contribution >= 4 is 0 Å². The minimum atomic E-state index is 0.646. The Labute approximate surface area is 103 Å². The average molecular weight is 237 g/mol. The van der Waals surface area contributed by atoms with E-state index in [4.69, 9.17) is 4.74 Å². The van der Waals surface area contributed by atoms with E-state index in [1.54, 1.807) is 0 Å². The first kappa shape index (κ1) is 12.6. The highest BCUT2D eigenvalue weighted by atomic mass is 16.5. The Balaban J connectivity index is 1.69. The zero-order chi connectivity index (χ0) is 12.1. The number of nitrogens with one attached hydrogen (secondary N) is 1. The van der Waals surface area contributed by atoms with Crippen molar-refractivity contribution in [2.24, 2.45) is 5.92 Å². The van der Waals surface area contributed by atoms with Crippen molar-refractivity contribution in [1.82, 2.24) is 14.9 Å². The van der Waals surface area contributed by atoms with Crippen molar-refractivity contribution in [3.63, 3.8) is 0 Å². The summed E-state index contributed by atoms with van der Waals surface area (Å²) in [6.45, 7) is 9.19. The highest BCUT2D eigenvalue weighted by molar-refractivity contribution is 5.11. The smallest absolute Gasteiger partial charge is 0.0949 e. The van der Waals surface area contributed by atoms with Crippen LogP contribution in [0.15, 0.2) is 12.5 Å². The molecule has 1 saturated heterocycles. The molecule has 0 radical (unpaired) electrons. The molecule has 0 bridgehead atoms.